The lowest BCUT2D eigenvalue weighted by molar-refractivity contribution is -1.02. The molecule has 29 heavy (non-hydrogen) atoms. The van der Waals surface area contributed by atoms with Crippen LogP contribution in [0.4, 0.5) is 10.1 Å². The van der Waals surface area contributed by atoms with Crippen LogP contribution in [0.1, 0.15) is 18.1 Å². The van der Waals surface area contributed by atoms with Gasteiger partial charge in [0, 0.05) is 17.8 Å². The third-order valence-electron chi connectivity index (χ3n) is 6.41. The molecule has 1 atom stereocenters. The molecule has 1 saturated heterocycles. The molecule has 5 nitrogen and oxygen atoms in total. The van der Waals surface area contributed by atoms with Crippen LogP contribution in [0.3, 0.4) is 0 Å². The van der Waals surface area contributed by atoms with Crippen molar-refractivity contribution in [1.82, 2.24) is 0 Å². The summed E-state index contributed by atoms with van der Waals surface area (Å²) in [6.07, 6.45) is 0.945. The summed E-state index contributed by atoms with van der Waals surface area (Å²) in [5.41, 5.74) is 3.33. The number of para-hydroxylation sites is 1. The molecule has 1 amide bonds. The molecule has 2 aromatic rings. The Morgan fingerprint density at radius 3 is 2.66 bits per heavy atom. The third-order valence-corrected chi connectivity index (χ3v) is 6.41. The van der Waals surface area contributed by atoms with Gasteiger partial charge < -0.3 is 19.4 Å². The first-order chi connectivity index (χ1) is 14.1. The molecule has 6 heteroatoms. The van der Waals surface area contributed by atoms with E-state index in [1.807, 2.05) is 23.1 Å². The number of quaternary nitrogens is 2. The third kappa shape index (κ3) is 4.14. The molecule has 0 aromatic heterocycles. The Morgan fingerprint density at radius 2 is 1.93 bits per heavy atom. The summed E-state index contributed by atoms with van der Waals surface area (Å²) in [7, 11) is 1.48. The average Bonchev–Trinajstić information content (AvgIpc) is 3.17. The predicted molar refractivity (Wildman–Crippen MR) is 110 cm³/mol. The highest BCUT2D eigenvalue weighted by atomic mass is 19.1. The van der Waals surface area contributed by atoms with Crippen LogP contribution >= 0.6 is 0 Å². The van der Waals surface area contributed by atoms with Crippen molar-refractivity contribution in [3.63, 3.8) is 0 Å². The first-order valence-corrected chi connectivity index (χ1v) is 10.5. The molecule has 0 saturated carbocycles. The van der Waals surface area contributed by atoms with E-state index in [-0.39, 0.29) is 23.5 Å². The number of fused-ring (bicyclic) bond motifs is 1. The van der Waals surface area contributed by atoms with Gasteiger partial charge >= 0.3 is 0 Å². The van der Waals surface area contributed by atoms with E-state index >= 15 is 0 Å². The van der Waals surface area contributed by atoms with Gasteiger partial charge in [0.25, 0.3) is 5.91 Å². The lowest BCUT2D eigenvalue weighted by Crippen LogP contribution is -3.29. The predicted octanol–water partition coefficient (Wildman–Crippen LogP) is 0.0955. The van der Waals surface area contributed by atoms with Gasteiger partial charge in [-0.05, 0) is 43.2 Å². The van der Waals surface area contributed by atoms with E-state index in [1.165, 1.54) is 22.5 Å². The summed E-state index contributed by atoms with van der Waals surface area (Å²) in [5.74, 6) is 0.207. The number of nitrogens with one attached hydrogen (secondary N) is 2. The largest absolute Gasteiger partial charge is 0.494 e. The zero-order valence-corrected chi connectivity index (χ0v) is 17.2. The number of carbonyl (C=O) groups excluding carboxylic acids is 1. The molecule has 4 rings (SSSR count). The van der Waals surface area contributed by atoms with Crippen molar-refractivity contribution in [2.75, 3.05) is 44.7 Å². The second-order valence-corrected chi connectivity index (χ2v) is 8.14. The minimum atomic E-state index is -0.307. The lowest BCUT2D eigenvalue weighted by Gasteiger charge is -2.34. The summed E-state index contributed by atoms with van der Waals surface area (Å²) in [6, 6.07) is 13.4. The number of ether oxygens (including phenoxy) is 1. The van der Waals surface area contributed by atoms with Crippen LogP contribution in [0.5, 0.6) is 5.75 Å². The zero-order valence-electron chi connectivity index (χ0n) is 17.2. The van der Waals surface area contributed by atoms with E-state index < -0.39 is 0 Å². The van der Waals surface area contributed by atoms with Gasteiger partial charge in [-0.1, -0.05) is 18.2 Å². The molecule has 0 unspecified atom stereocenters. The number of hydrogen-bond acceptors (Lipinski definition) is 2. The topological polar surface area (TPSA) is 38.4 Å². The molecule has 2 heterocycles. The van der Waals surface area contributed by atoms with Crippen molar-refractivity contribution in [1.29, 1.82) is 0 Å². The van der Waals surface area contributed by atoms with Crippen molar-refractivity contribution >= 4 is 11.6 Å². The zero-order chi connectivity index (χ0) is 20.4. The maximum Gasteiger partial charge on any atom is 0.284 e. The molecular weight excluding hydrogens is 369 g/mol. The molecule has 0 aliphatic carbocycles. The fraction of sp³-hybridized carbons (Fsp3) is 0.435. The first-order valence-electron chi connectivity index (χ1n) is 10.5. The average molecular weight is 400 g/mol. The highest BCUT2D eigenvalue weighted by Crippen LogP contribution is 2.27. The van der Waals surface area contributed by atoms with Crippen LogP contribution in [-0.2, 0) is 17.8 Å². The van der Waals surface area contributed by atoms with Crippen molar-refractivity contribution in [2.24, 2.45) is 0 Å². The van der Waals surface area contributed by atoms with Gasteiger partial charge in [0.15, 0.2) is 17.6 Å². The number of hydrogen-bond donors (Lipinski definition) is 2. The fourth-order valence-corrected chi connectivity index (χ4v) is 4.62. The summed E-state index contributed by atoms with van der Waals surface area (Å²) < 4.78 is 18.9. The summed E-state index contributed by atoms with van der Waals surface area (Å²) >= 11 is 0. The number of anilines is 1. The van der Waals surface area contributed by atoms with Crippen LogP contribution in [-0.4, -0.2) is 51.8 Å². The van der Waals surface area contributed by atoms with E-state index in [9.17, 15) is 9.18 Å². The standard InChI is InChI=1S/C23H28FN3O2/c1-17(23(28)27-10-9-19-5-3-4-6-21(19)27)26-13-11-25(12-14-26)16-18-7-8-22(29-2)20(24)15-18/h3-8,15,17H,9-14,16H2,1-2H3/p+2/t17-/m1/s1. The van der Waals surface area contributed by atoms with Gasteiger partial charge in [0.05, 0.1) is 7.11 Å². The highest BCUT2D eigenvalue weighted by Gasteiger charge is 2.36. The molecule has 0 spiro atoms. The van der Waals surface area contributed by atoms with Gasteiger partial charge in [-0.3, -0.25) is 4.79 Å². The minimum Gasteiger partial charge on any atom is -0.494 e. The van der Waals surface area contributed by atoms with Crippen molar-refractivity contribution in [3.8, 4) is 5.75 Å². The number of methoxy groups -OCH3 is 1. The maximum atomic E-state index is 13.9. The van der Waals surface area contributed by atoms with Crippen LogP contribution in [0.25, 0.3) is 0 Å². The number of amides is 1. The Morgan fingerprint density at radius 1 is 1.17 bits per heavy atom. The number of nitrogens with zero attached hydrogens (tertiary/aromatic N) is 1. The second-order valence-electron chi connectivity index (χ2n) is 8.14. The lowest BCUT2D eigenvalue weighted by atomic mass is 10.1. The van der Waals surface area contributed by atoms with E-state index in [1.54, 1.807) is 12.1 Å². The van der Waals surface area contributed by atoms with Gasteiger partial charge in [-0.2, -0.15) is 0 Å². The SMILES string of the molecule is COc1ccc(C[NH+]2CC[NH+]([C@H](C)C(=O)N3CCc4ccccc43)CC2)cc1F. The monoisotopic (exact) mass is 399 g/mol. The molecular formula is C23H30FN3O2+2. The highest BCUT2D eigenvalue weighted by molar-refractivity contribution is 5.97. The van der Waals surface area contributed by atoms with Gasteiger partial charge in [0.1, 0.15) is 32.7 Å². The van der Waals surface area contributed by atoms with Gasteiger partial charge in [-0.15, -0.1) is 0 Å². The molecule has 2 aliphatic rings. The first kappa shape index (κ1) is 19.9. The molecule has 0 radical (unpaired) electrons. The summed E-state index contributed by atoms with van der Waals surface area (Å²) in [6.45, 7) is 7.52. The van der Waals surface area contributed by atoms with E-state index in [0.29, 0.717) is 0 Å². The minimum absolute atomic E-state index is 0.0406. The number of carbonyl (C=O) groups is 1. The van der Waals surface area contributed by atoms with Crippen molar-refractivity contribution in [2.45, 2.75) is 25.9 Å². The number of halogens is 1. The van der Waals surface area contributed by atoms with Crippen LogP contribution in [0.2, 0.25) is 0 Å². The number of benzene rings is 2. The molecule has 154 valence electrons. The molecule has 1 fully saturated rings. The molecule has 2 aliphatic heterocycles. The van der Waals surface area contributed by atoms with Crippen LogP contribution < -0.4 is 19.4 Å². The second kappa shape index (κ2) is 8.51. The Hall–Kier alpha value is -2.44. The normalized spacial score (nSPS) is 22.2. The molecule has 0 bridgehead atoms. The van der Waals surface area contributed by atoms with Gasteiger partial charge in [-0.25, -0.2) is 4.39 Å². The Balaban J connectivity index is 1.32. The number of rotatable bonds is 5. The quantitative estimate of drug-likeness (QED) is 0.748. The van der Waals surface area contributed by atoms with E-state index in [2.05, 4.69) is 19.1 Å². The van der Waals surface area contributed by atoms with Gasteiger partial charge in [0.2, 0.25) is 0 Å². The maximum absolute atomic E-state index is 13.9. The van der Waals surface area contributed by atoms with E-state index in [4.69, 9.17) is 4.74 Å². The van der Waals surface area contributed by atoms with Crippen molar-refractivity contribution < 1.29 is 23.7 Å². The Labute approximate surface area is 171 Å². The molecule has 2 N–H and O–H groups in total. The van der Waals surface area contributed by atoms with Crippen molar-refractivity contribution in [3.05, 3.63) is 59.4 Å². The summed E-state index contributed by atoms with van der Waals surface area (Å²) in [4.78, 5) is 17.9. The smallest absolute Gasteiger partial charge is 0.284 e. The van der Waals surface area contributed by atoms with Crippen LogP contribution in [0.15, 0.2) is 42.5 Å². The molecule has 2 aromatic carbocycles. The number of piperazine rings is 1. The fourth-order valence-electron chi connectivity index (χ4n) is 4.62. The van der Waals surface area contributed by atoms with E-state index in [0.717, 1.165) is 56.9 Å². The Kier molecular flexibility index (Phi) is 5.83. The van der Waals surface area contributed by atoms with Crippen LogP contribution in [0, 0.1) is 5.82 Å². The Bertz CT molecular complexity index is 880. The summed E-state index contributed by atoms with van der Waals surface area (Å²) in [5, 5.41) is 0.